The van der Waals surface area contributed by atoms with E-state index in [-0.39, 0.29) is 35.4 Å². The number of aromatic hydroxyl groups is 1. The molecule has 1 aromatic carbocycles. The summed E-state index contributed by atoms with van der Waals surface area (Å²) >= 11 is 2.04. The van der Waals surface area contributed by atoms with Gasteiger partial charge in [0.15, 0.2) is 11.4 Å². The molecule has 0 bridgehead atoms. The van der Waals surface area contributed by atoms with Crippen LogP contribution in [0.4, 0.5) is 0 Å². The SMILES string of the molecule is CO/N=C1\C(O)=C(C(N)=O)C(=O)[C@@]2(O)C(=O)C3=C(O)c4c(O)ccc(I)c4C[C@H]3CC12. The minimum atomic E-state index is -2.83. The van der Waals surface area contributed by atoms with E-state index in [0.717, 1.165) is 10.7 Å². The lowest BCUT2D eigenvalue weighted by molar-refractivity contribution is -0.153. The van der Waals surface area contributed by atoms with Crippen LogP contribution >= 0.6 is 22.6 Å². The van der Waals surface area contributed by atoms with Gasteiger partial charge in [0.1, 0.15) is 29.9 Å². The molecule has 0 heterocycles. The highest BCUT2D eigenvalue weighted by Crippen LogP contribution is 2.51. The first-order valence-corrected chi connectivity index (χ1v) is 10.2. The number of oxime groups is 1. The smallest absolute Gasteiger partial charge is 0.256 e. The van der Waals surface area contributed by atoms with E-state index in [1.807, 2.05) is 22.6 Å². The lowest BCUT2D eigenvalue weighted by Gasteiger charge is -2.45. The molecule has 3 aliphatic rings. The number of hydrogen-bond acceptors (Lipinski definition) is 9. The number of halogens is 1. The van der Waals surface area contributed by atoms with E-state index in [9.17, 15) is 34.8 Å². The molecule has 1 aromatic rings. The van der Waals surface area contributed by atoms with Crippen molar-refractivity contribution >= 4 is 51.5 Å². The van der Waals surface area contributed by atoms with Gasteiger partial charge >= 0.3 is 0 Å². The summed E-state index contributed by atoms with van der Waals surface area (Å²) in [6.07, 6.45) is 0.151. The van der Waals surface area contributed by atoms with E-state index in [1.165, 1.54) is 6.07 Å². The third-order valence-electron chi connectivity index (χ3n) is 6.02. The second-order valence-electron chi connectivity index (χ2n) is 7.54. The summed E-state index contributed by atoms with van der Waals surface area (Å²) in [5, 5.41) is 46.5. The number of hydrogen-bond donors (Lipinski definition) is 5. The Morgan fingerprint density at radius 2 is 1.90 bits per heavy atom. The van der Waals surface area contributed by atoms with Gasteiger partial charge in [0, 0.05) is 9.14 Å². The number of rotatable bonds is 2. The number of fused-ring (bicyclic) bond motifs is 3. The molecule has 0 aromatic heterocycles. The Labute approximate surface area is 188 Å². The van der Waals surface area contributed by atoms with E-state index in [2.05, 4.69) is 5.16 Å². The van der Waals surface area contributed by atoms with Crippen LogP contribution in [-0.2, 0) is 25.6 Å². The molecule has 3 atom stereocenters. The van der Waals surface area contributed by atoms with Crippen molar-refractivity contribution in [3.05, 3.63) is 43.7 Å². The highest BCUT2D eigenvalue weighted by Gasteiger charge is 2.64. The molecule has 1 amide bonds. The third kappa shape index (κ3) is 2.72. The number of Topliss-reactive ketones (excluding diaryl/α,β-unsaturated/α-hetero) is 2. The normalized spacial score (nSPS) is 28.9. The van der Waals surface area contributed by atoms with Crippen molar-refractivity contribution in [3.8, 4) is 5.75 Å². The van der Waals surface area contributed by atoms with Crippen LogP contribution in [0.5, 0.6) is 5.75 Å². The molecule has 0 spiro atoms. The minimum absolute atomic E-state index is 0.0519. The highest BCUT2D eigenvalue weighted by molar-refractivity contribution is 14.1. The zero-order valence-electron chi connectivity index (χ0n) is 16.0. The van der Waals surface area contributed by atoms with Crippen molar-refractivity contribution in [3.63, 3.8) is 0 Å². The van der Waals surface area contributed by atoms with Crippen LogP contribution in [0.2, 0.25) is 0 Å². The number of phenols is 1. The summed E-state index contributed by atoms with van der Waals surface area (Å²) in [5.41, 5.74) is 1.45. The molecule has 0 aliphatic heterocycles. The van der Waals surface area contributed by atoms with Crippen LogP contribution < -0.4 is 5.73 Å². The number of carbonyl (C=O) groups excluding carboxylic acids is 3. The maximum absolute atomic E-state index is 13.4. The number of phenolic OH excluding ortho intramolecular Hbond substituents is 1. The van der Waals surface area contributed by atoms with Crippen LogP contribution in [0, 0.1) is 15.4 Å². The van der Waals surface area contributed by atoms with Crippen molar-refractivity contribution in [1.29, 1.82) is 0 Å². The van der Waals surface area contributed by atoms with Crippen molar-refractivity contribution in [2.75, 3.05) is 7.11 Å². The van der Waals surface area contributed by atoms with Gasteiger partial charge in [-0.2, -0.15) is 0 Å². The summed E-state index contributed by atoms with van der Waals surface area (Å²) in [6.45, 7) is 0. The number of amides is 1. The van der Waals surface area contributed by atoms with Gasteiger partial charge in [-0.15, -0.1) is 0 Å². The Bertz CT molecular complexity index is 1170. The predicted molar refractivity (Wildman–Crippen MR) is 114 cm³/mol. The van der Waals surface area contributed by atoms with Crippen molar-refractivity contribution in [1.82, 2.24) is 0 Å². The monoisotopic (exact) mass is 540 g/mol. The molecular formula is C20H17IN2O8. The van der Waals surface area contributed by atoms with Crippen molar-refractivity contribution in [2.24, 2.45) is 22.7 Å². The Morgan fingerprint density at radius 1 is 1.23 bits per heavy atom. The predicted octanol–water partition coefficient (Wildman–Crippen LogP) is 0.641. The fraction of sp³-hybridized carbons (Fsp3) is 0.300. The second kappa shape index (κ2) is 7.05. The number of nitrogens with zero attached hydrogens (tertiary/aromatic N) is 1. The number of carbonyl (C=O) groups is 3. The lowest BCUT2D eigenvalue weighted by atomic mass is 9.58. The summed E-state index contributed by atoms with van der Waals surface area (Å²) in [5.74, 6) is -7.53. The van der Waals surface area contributed by atoms with Crippen molar-refractivity contribution in [2.45, 2.75) is 18.4 Å². The summed E-state index contributed by atoms with van der Waals surface area (Å²) < 4.78 is 0.744. The Kier molecular flexibility index (Phi) is 4.85. The third-order valence-corrected chi connectivity index (χ3v) is 7.03. The zero-order chi connectivity index (χ0) is 22.8. The Balaban J connectivity index is 1.98. The largest absolute Gasteiger partial charge is 0.507 e. The topological polar surface area (TPSA) is 180 Å². The Hall–Kier alpha value is -2.93. The molecule has 4 rings (SSSR count). The molecule has 0 radical (unpaired) electrons. The number of aliphatic hydroxyl groups excluding tert-OH is 2. The van der Waals surface area contributed by atoms with Gasteiger partial charge in [0.2, 0.25) is 11.6 Å². The molecule has 3 aliphatic carbocycles. The van der Waals surface area contributed by atoms with E-state index < -0.39 is 52.0 Å². The molecule has 1 unspecified atom stereocenters. The van der Waals surface area contributed by atoms with Crippen LogP contribution in [-0.4, -0.2) is 56.3 Å². The molecule has 1 saturated carbocycles. The van der Waals surface area contributed by atoms with Crippen molar-refractivity contribution < 1.29 is 39.6 Å². The number of ketones is 2. The maximum Gasteiger partial charge on any atom is 0.256 e. The van der Waals surface area contributed by atoms with Crippen LogP contribution in [0.15, 0.2) is 34.2 Å². The number of aliphatic hydroxyl groups is 3. The first-order valence-electron chi connectivity index (χ1n) is 9.15. The fourth-order valence-electron chi connectivity index (χ4n) is 4.66. The maximum atomic E-state index is 13.4. The van der Waals surface area contributed by atoms with E-state index in [1.54, 1.807) is 6.07 Å². The van der Waals surface area contributed by atoms with E-state index in [4.69, 9.17) is 10.6 Å². The van der Waals surface area contributed by atoms with Gasteiger partial charge in [-0.3, -0.25) is 14.4 Å². The number of nitrogens with two attached hydrogens (primary N) is 1. The van der Waals surface area contributed by atoms with Gasteiger partial charge in [-0.05, 0) is 59.0 Å². The van der Waals surface area contributed by atoms with Gasteiger partial charge < -0.3 is 31.0 Å². The van der Waals surface area contributed by atoms with E-state index >= 15 is 0 Å². The first kappa shape index (κ1) is 21.3. The lowest BCUT2D eigenvalue weighted by Crippen LogP contribution is -2.64. The highest BCUT2D eigenvalue weighted by atomic mass is 127. The zero-order valence-corrected chi connectivity index (χ0v) is 18.2. The molecule has 6 N–H and O–H groups in total. The van der Waals surface area contributed by atoms with Gasteiger partial charge in [-0.25, -0.2) is 0 Å². The minimum Gasteiger partial charge on any atom is -0.507 e. The Morgan fingerprint density at radius 3 is 2.52 bits per heavy atom. The molecule has 11 heteroatoms. The molecule has 10 nitrogen and oxygen atoms in total. The summed E-state index contributed by atoms with van der Waals surface area (Å²) in [7, 11) is 1.16. The number of allylic oxidation sites excluding steroid dienone is 1. The molecule has 162 valence electrons. The molecule has 31 heavy (non-hydrogen) atoms. The average molecular weight is 540 g/mol. The van der Waals surface area contributed by atoms with Gasteiger partial charge in [0.05, 0.1) is 11.5 Å². The van der Waals surface area contributed by atoms with Gasteiger partial charge in [0.25, 0.3) is 5.91 Å². The van der Waals surface area contributed by atoms with E-state index in [0.29, 0.717) is 5.56 Å². The standard InChI is InChI=1S/C20H17IN2O8/c1-31-23-14-8-5-6-4-7-9(21)2-3-10(24)12(7)15(25)11(6)17(27)20(8,30)18(28)13(16(14)26)19(22)29/h2-3,6,8,24-26,30H,4-5H2,1H3,(H2,22,29)/b23-14-/t6-,8?,20-/m0/s1. The molecule has 0 saturated heterocycles. The average Bonchev–Trinajstić information content (AvgIpc) is 2.70. The molecule has 1 fully saturated rings. The molecular weight excluding hydrogens is 523 g/mol. The first-order chi connectivity index (χ1) is 14.5. The summed E-state index contributed by atoms with van der Waals surface area (Å²) in [4.78, 5) is 43.0. The fourth-order valence-corrected chi connectivity index (χ4v) is 5.33. The van der Waals surface area contributed by atoms with Crippen LogP contribution in [0.25, 0.3) is 5.76 Å². The second-order valence-corrected chi connectivity index (χ2v) is 8.71. The summed E-state index contributed by atoms with van der Waals surface area (Å²) in [6, 6.07) is 3.02. The number of benzene rings is 1. The number of primary amides is 1. The van der Waals surface area contributed by atoms with Crippen LogP contribution in [0.1, 0.15) is 17.5 Å². The quantitative estimate of drug-likeness (QED) is 0.157. The van der Waals surface area contributed by atoms with Gasteiger partial charge in [-0.1, -0.05) is 5.16 Å². The van der Waals surface area contributed by atoms with Crippen LogP contribution in [0.3, 0.4) is 0 Å².